The van der Waals surface area contributed by atoms with E-state index in [2.05, 4.69) is 34.5 Å². The Morgan fingerprint density at radius 2 is 1.43 bits per heavy atom. The number of nitrogens with one attached hydrogen (secondary N) is 1. The van der Waals surface area contributed by atoms with Gasteiger partial charge in [0.05, 0.1) is 12.0 Å². The summed E-state index contributed by atoms with van der Waals surface area (Å²) in [5, 5.41) is 10.5. The van der Waals surface area contributed by atoms with Gasteiger partial charge in [-0.25, -0.2) is 4.79 Å². The van der Waals surface area contributed by atoms with Gasteiger partial charge in [0.15, 0.2) is 0 Å². The highest BCUT2D eigenvalue weighted by atomic mass is 19.4. The molecule has 9 nitrogen and oxygen atoms in total. The smallest absolute Gasteiger partial charge is 0.475 e. The van der Waals surface area contributed by atoms with Crippen molar-refractivity contribution in [1.29, 1.82) is 0 Å². The summed E-state index contributed by atoms with van der Waals surface area (Å²) in [5.41, 5.74) is 2.28. The molecule has 1 aliphatic carbocycles. The van der Waals surface area contributed by atoms with Crippen molar-refractivity contribution in [2.45, 2.75) is 57.3 Å². The Morgan fingerprint density at radius 3 is 2.00 bits per heavy atom. The highest BCUT2D eigenvalue weighted by Gasteiger charge is 2.45. The van der Waals surface area contributed by atoms with Crippen molar-refractivity contribution >= 4 is 23.7 Å². The number of likely N-dealkylation sites (tertiary alicyclic amines) is 3. The summed E-state index contributed by atoms with van der Waals surface area (Å²) in [6, 6.07) is 20.4. The van der Waals surface area contributed by atoms with Crippen molar-refractivity contribution in [3.8, 4) is 0 Å². The Balaban J connectivity index is 0.000000559. The summed E-state index contributed by atoms with van der Waals surface area (Å²) in [7, 11) is 0. The fourth-order valence-electron chi connectivity index (χ4n) is 7.40. The molecule has 2 aromatic carbocycles. The molecule has 0 spiro atoms. The zero-order valence-corrected chi connectivity index (χ0v) is 26.4. The maximum absolute atomic E-state index is 13.4. The van der Waals surface area contributed by atoms with Crippen molar-refractivity contribution in [3.63, 3.8) is 0 Å². The summed E-state index contributed by atoms with van der Waals surface area (Å²) >= 11 is 0. The lowest BCUT2D eigenvalue weighted by Gasteiger charge is -2.26. The van der Waals surface area contributed by atoms with Crippen LogP contribution >= 0.6 is 0 Å². The van der Waals surface area contributed by atoms with Gasteiger partial charge in [0.25, 0.3) is 0 Å². The molecule has 254 valence electrons. The van der Waals surface area contributed by atoms with Gasteiger partial charge < -0.3 is 25.1 Å². The third-order valence-corrected chi connectivity index (χ3v) is 9.87. The molecule has 2 N–H and O–H groups in total. The Morgan fingerprint density at radius 1 is 0.851 bits per heavy atom. The van der Waals surface area contributed by atoms with Crippen LogP contribution in [0.1, 0.15) is 55.7 Å². The minimum atomic E-state index is -5.08. The van der Waals surface area contributed by atoms with E-state index < -0.39 is 12.1 Å². The monoisotopic (exact) mass is 656 g/mol. The standard InChI is InChI=1S/C33H42N4O3.C2HF3O2/c38-31-17-27(21-36(31)18-24-9-3-1-4-10-24)33(40)37-22-28-19-35(20-29(28)23-37)16-15-30(25-11-5-2-6-12-25)34-32(39)26-13-7-8-14-26;3-2(4,5)1(6)7/h1-6,9-12,26-30H,7-8,13-23H2,(H,34,39);(H,6,7)/t27-,28?,29?,30?;/m0./s1. The lowest BCUT2D eigenvalue weighted by molar-refractivity contribution is -0.192. The second-order valence-electron chi connectivity index (χ2n) is 13.2. The van der Waals surface area contributed by atoms with E-state index >= 15 is 0 Å². The van der Waals surface area contributed by atoms with E-state index in [9.17, 15) is 27.6 Å². The molecule has 0 bridgehead atoms. The summed E-state index contributed by atoms with van der Waals surface area (Å²) in [5.74, 6) is -1.37. The van der Waals surface area contributed by atoms with Crippen LogP contribution in [0.3, 0.4) is 0 Å². The molecule has 4 fully saturated rings. The molecule has 47 heavy (non-hydrogen) atoms. The van der Waals surface area contributed by atoms with Crippen LogP contribution in [0.5, 0.6) is 0 Å². The van der Waals surface area contributed by atoms with Crippen LogP contribution in [0.25, 0.3) is 0 Å². The maximum atomic E-state index is 13.4. The zero-order chi connectivity index (χ0) is 33.6. The predicted molar refractivity (Wildman–Crippen MR) is 168 cm³/mol. The number of alkyl halides is 3. The van der Waals surface area contributed by atoms with Crippen LogP contribution in [0.2, 0.25) is 0 Å². The van der Waals surface area contributed by atoms with Gasteiger partial charge in [-0.1, -0.05) is 73.5 Å². The molecule has 3 heterocycles. The van der Waals surface area contributed by atoms with Gasteiger partial charge in [0.1, 0.15) is 0 Å². The lowest BCUT2D eigenvalue weighted by atomic mass is 10.0. The Hall–Kier alpha value is -3.93. The molecule has 12 heteroatoms. The van der Waals surface area contributed by atoms with Gasteiger partial charge in [0, 0.05) is 58.2 Å². The molecule has 3 saturated heterocycles. The first-order chi connectivity index (χ1) is 22.5. The van der Waals surface area contributed by atoms with Crippen LogP contribution < -0.4 is 5.32 Å². The summed E-state index contributed by atoms with van der Waals surface area (Å²) in [4.78, 5) is 54.3. The van der Waals surface area contributed by atoms with E-state index in [1.54, 1.807) is 0 Å². The fraction of sp³-hybridized carbons (Fsp3) is 0.543. The molecule has 4 atom stereocenters. The SMILES string of the molecule is O=C(NC(CCN1CC2CN(C(=O)[C@H]3CC(=O)N(Cc4ccccc4)C3)CC2C1)c1ccccc1)C1CCCC1.O=C(O)C(F)(F)F. The third-order valence-electron chi connectivity index (χ3n) is 9.87. The van der Waals surface area contributed by atoms with Crippen molar-refractivity contribution < 1.29 is 37.5 Å². The summed E-state index contributed by atoms with van der Waals surface area (Å²) in [6.45, 7) is 5.63. The Kier molecular flexibility index (Phi) is 11.2. The number of nitrogens with zero attached hydrogens (tertiary/aromatic N) is 3. The number of fused-ring (bicyclic) bond motifs is 1. The van der Waals surface area contributed by atoms with Crippen molar-refractivity contribution in [2.75, 3.05) is 39.3 Å². The molecule has 1 saturated carbocycles. The average Bonchev–Trinajstić information content (AvgIpc) is 3.85. The number of carbonyl (C=O) groups excluding carboxylic acids is 3. The van der Waals surface area contributed by atoms with Gasteiger partial charge in [-0.15, -0.1) is 0 Å². The van der Waals surface area contributed by atoms with Crippen LogP contribution in [-0.4, -0.2) is 88.9 Å². The normalized spacial score (nSPS) is 23.7. The van der Waals surface area contributed by atoms with Gasteiger partial charge in [-0.2, -0.15) is 13.2 Å². The Labute approximate surface area is 273 Å². The number of carboxylic acids is 1. The van der Waals surface area contributed by atoms with Crippen molar-refractivity contribution in [3.05, 3.63) is 71.8 Å². The van der Waals surface area contributed by atoms with Crippen molar-refractivity contribution in [2.24, 2.45) is 23.7 Å². The maximum Gasteiger partial charge on any atom is 0.490 e. The van der Waals surface area contributed by atoms with Crippen LogP contribution in [-0.2, 0) is 25.7 Å². The number of carbonyl (C=O) groups is 4. The predicted octanol–water partition coefficient (Wildman–Crippen LogP) is 4.50. The number of hydrogen-bond acceptors (Lipinski definition) is 5. The Bertz CT molecular complexity index is 1370. The molecule has 3 unspecified atom stereocenters. The van der Waals surface area contributed by atoms with E-state index in [-0.39, 0.29) is 35.6 Å². The number of benzene rings is 2. The minimum Gasteiger partial charge on any atom is -0.475 e. The topological polar surface area (TPSA) is 110 Å². The summed E-state index contributed by atoms with van der Waals surface area (Å²) < 4.78 is 31.7. The van der Waals surface area contributed by atoms with E-state index in [4.69, 9.17) is 9.90 Å². The van der Waals surface area contributed by atoms with Gasteiger partial charge in [0.2, 0.25) is 17.7 Å². The second kappa shape index (κ2) is 15.3. The third kappa shape index (κ3) is 9.12. The quantitative estimate of drug-likeness (QED) is 0.412. The zero-order valence-electron chi connectivity index (χ0n) is 26.4. The van der Waals surface area contributed by atoms with Crippen molar-refractivity contribution in [1.82, 2.24) is 20.0 Å². The number of hydrogen-bond donors (Lipinski definition) is 2. The molecule has 6 rings (SSSR count). The molecule has 2 aromatic rings. The summed E-state index contributed by atoms with van der Waals surface area (Å²) in [6.07, 6.45) is 0.486. The van der Waals surface area contributed by atoms with Gasteiger partial charge in [-0.3, -0.25) is 14.4 Å². The minimum absolute atomic E-state index is 0.0338. The lowest BCUT2D eigenvalue weighted by Crippen LogP contribution is -2.39. The first-order valence-electron chi connectivity index (χ1n) is 16.5. The highest BCUT2D eigenvalue weighted by molar-refractivity contribution is 5.89. The first kappa shape index (κ1) is 34.4. The van der Waals surface area contributed by atoms with E-state index in [0.717, 1.165) is 70.4 Å². The molecule has 4 aliphatic rings. The molecule has 0 radical (unpaired) electrons. The van der Waals surface area contributed by atoms with E-state index in [0.29, 0.717) is 31.3 Å². The number of halogens is 3. The van der Waals surface area contributed by atoms with E-state index in [1.165, 1.54) is 5.56 Å². The number of rotatable bonds is 9. The highest BCUT2D eigenvalue weighted by Crippen LogP contribution is 2.34. The largest absolute Gasteiger partial charge is 0.490 e. The number of carboxylic acid groups (broad SMARTS) is 1. The molecular weight excluding hydrogens is 613 g/mol. The van der Waals surface area contributed by atoms with E-state index in [1.807, 2.05) is 46.2 Å². The van der Waals surface area contributed by atoms with Gasteiger partial charge >= 0.3 is 12.1 Å². The van der Waals surface area contributed by atoms with Crippen LogP contribution in [0, 0.1) is 23.7 Å². The number of amides is 3. The van der Waals surface area contributed by atoms with Crippen LogP contribution in [0.4, 0.5) is 13.2 Å². The fourth-order valence-corrected chi connectivity index (χ4v) is 7.40. The second-order valence-corrected chi connectivity index (χ2v) is 13.2. The molecular formula is C35H43F3N4O5. The molecule has 3 aliphatic heterocycles. The average molecular weight is 657 g/mol. The van der Waals surface area contributed by atoms with Gasteiger partial charge in [-0.05, 0) is 42.2 Å². The molecule has 3 amide bonds. The molecule has 0 aromatic heterocycles. The number of aliphatic carboxylic acids is 1. The van der Waals surface area contributed by atoms with Crippen LogP contribution in [0.15, 0.2) is 60.7 Å². The first-order valence-corrected chi connectivity index (χ1v) is 16.5.